The van der Waals surface area contributed by atoms with E-state index in [4.69, 9.17) is 22.1 Å². The van der Waals surface area contributed by atoms with Gasteiger partial charge in [0.05, 0.1) is 18.3 Å². The first-order valence-electron chi connectivity index (χ1n) is 11.5. The van der Waals surface area contributed by atoms with Crippen LogP contribution in [0.5, 0.6) is 0 Å². The largest absolute Gasteiger partial charge is 0.443 e. The Labute approximate surface area is 215 Å². The maximum absolute atomic E-state index is 14.3. The standard InChI is InChI=1S/C24H23ClFN7O4/c1-12(27)24(36)37-11-32-21(34)7-13(23(32)35)6-14-10-28-33-20(29-16-3-4-16)9-19(31-22(14)33)30-18-8-15(25)2-5-17(18)26/h2,5-6,8-10,12,16,29H,3-4,7,11,27H2,1H3,(H,30,31)/b13-6+. The summed E-state index contributed by atoms with van der Waals surface area (Å²) in [5.74, 6) is -1.37. The first kappa shape index (κ1) is 24.7. The lowest BCUT2D eigenvalue weighted by Crippen LogP contribution is -2.36. The molecule has 192 valence electrons. The zero-order chi connectivity index (χ0) is 26.3. The summed E-state index contributed by atoms with van der Waals surface area (Å²) in [4.78, 5) is 42.3. The van der Waals surface area contributed by atoms with Gasteiger partial charge >= 0.3 is 5.97 Å². The van der Waals surface area contributed by atoms with E-state index in [9.17, 15) is 18.8 Å². The highest BCUT2D eigenvalue weighted by Crippen LogP contribution is 2.30. The van der Waals surface area contributed by atoms with Gasteiger partial charge in [0.25, 0.3) is 5.91 Å². The third kappa shape index (κ3) is 5.25. The molecule has 0 radical (unpaired) electrons. The van der Waals surface area contributed by atoms with Crippen molar-refractivity contribution in [2.24, 2.45) is 5.73 Å². The monoisotopic (exact) mass is 527 g/mol. The normalized spacial score (nSPS) is 17.5. The summed E-state index contributed by atoms with van der Waals surface area (Å²) in [7, 11) is 0. The van der Waals surface area contributed by atoms with Crippen LogP contribution in [0.4, 0.5) is 21.7 Å². The Morgan fingerprint density at radius 2 is 2.14 bits per heavy atom. The van der Waals surface area contributed by atoms with Gasteiger partial charge in [0.15, 0.2) is 12.4 Å². The van der Waals surface area contributed by atoms with Gasteiger partial charge in [0.1, 0.15) is 23.5 Å². The lowest BCUT2D eigenvalue weighted by molar-refractivity contribution is -0.155. The van der Waals surface area contributed by atoms with Crippen LogP contribution in [-0.2, 0) is 19.1 Å². The molecule has 0 spiro atoms. The summed E-state index contributed by atoms with van der Waals surface area (Å²) in [6.07, 6.45) is 4.88. The molecule has 2 aromatic heterocycles. The number of nitrogens with two attached hydrogens (primary N) is 1. The average Bonchev–Trinajstić information content (AvgIpc) is 3.52. The fraction of sp³-hybridized carbons (Fsp3) is 0.292. The van der Waals surface area contributed by atoms with Crippen molar-refractivity contribution in [2.45, 2.75) is 38.3 Å². The van der Waals surface area contributed by atoms with Crippen LogP contribution in [0.15, 0.2) is 36.0 Å². The number of esters is 1. The molecule has 4 N–H and O–H groups in total. The summed E-state index contributed by atoms with van der Waals surface area (Å²) in [6.45, 7) is 0.923. The Balaban J connectivity index is 1.47. The van der Waals surface area contributed by atoms with Gasteiger partial charge in [0, 0.05) is 28.3 Å². The van der Waals surface area contributed by atoms with Gasteiger partial charge in [-0.15, -0.1) is 0 Å². The summed E-state index contributed by atoms with van der Waals surface area (Å²) >= 11 is 6.02. The summed E-state index contributed by atoms with van der Waals surface area (Å²) in [6, 6.07) is 5.25. The molecule has 3 heterocycles. The van der Waals surface area contributed by atoms with Crippen molar-refractivity contribution < 1.29 is 23.5 Å². The molecule has 2 fully saturated rings. The van der Waals surface area contributed by atoms with Crippen LogP contribution in [0.25, 0.3) is 11.7 Å². The molecule has 5 rings (SSSR count). The smallest absolute Gasteiger partial charge is 0.324 e. The van der Waals surface area contributed by atoms with Crippen LogP contribution in [0.3, 0.4) is 0 Å². The number of aromatic nitrogens is 3. The maximum atomic E-state index is 14.3. The van der Waals surface area contributed by atoms with Crippen LogP contribution in [0.1, 0.15) is 31.7 Å². The second-order valence-electron chi connectivity index (χ2n) is 8.88. The molecule has 3 aromatic rings. The lowest BCUT2D eigenvalue weighted by atomic mass is 10.1. The molecule has 37 heavy (non-hydrogen) atoms. The van der Waals surface area contributed by atoms with E-state index in [1.807, 2.05) is 0 Å². The van der Waals surface area contributed by atoms with Crippen molar-refractivity contribution in [2.75, 3.05) is 17.4 Å². The van der Waals surface area contributed by atoms with Crippen LogP contribution in [-0.4, -0.2) is 56.1 Å². The Morgan fingerprint density at radius 1 is 1.35 bits per heavy atom. The number of fused-ring (bicyclic) bond motifs is 1. The number of amides is 2. The predicted molar refractivity (Wildman–Crippen MR) is 133 cm³/mol. The minimum absolute atomic E-state index is 0.148. The molecule has 1 saturated heterocycles. The van der Waals surface area contributed by atoms with Crippen LogP contribution in [0.2, 0.25) is 5.02 Å². The molecule has 1 unspecified atom stereocenters. The Bertz CT molecular complexity index is 1450. The van der Waals surface area contributed by atoms with Crippen molar-refractivity contribution in [3.05, 3.63) is 52.4 Å². The zero-order valence-corrected chi connectivity index (χ0v) is 20.5. The second kappa shape index (κ2) is 9.79. The molecule has 1 aliphatic heterocycles. The highest BCUT2D eigenvalue weighted by atomic mass is 35.5. The molecule has 1 saturated carbocycles. The number of ether oxygens (including phenoxy) is 1. The number of anilines is 3. The molecule has 1 aliphatic carbocycles. The number of benzene rings is 1. The number of rotatable bonds is 8. The summed E-state index contributed by atoms with van der Waals surface area (Å²) in [5.41, 5.74) is 6.64. The number of carbonyl (C=O) groups is 3. The number of carbonyl (C=O) groups excluding carboxylic acids is 3. The Hall–Kier alpha value is -4.03. The molecule has 0 bridgehead atoms. The third-order valence-electron chi connectivity index (χ3n) is 5.82. The van der Waals surface area contributed by atoms with E-state index in [1.165, 1.54) is 37.4 Å². The van der Waals surface area contributed by atoms with E-state index in [0.717, 1.165) is 17.7 Å². The van der Waals surface area contributed by atoms with E-state index < -0.39 is 36.4 Å². The first-order chi connectivity index (χ1) is 17.7. The quantitative estimate of drug-likeness (QED) is 0.229. The molecule has 11 nitrogen and oxygen atoms in total. The van der Waals surface area contributed by atoms with Crippen molar-refractivity contribution in [3.8, 4) is 0 Å². The van der Waals surface area contributed by atoms with Gasteiger partial charge in [-0.25, -0.2) is 14.3 Å². The fourth-order valence-electron chi connectivity index (χ4n) is 3.73. The van der Waals surface area contributed by atoms with Crippen LogP contribution < -0.4 is 16.4 Å². The number of nitrogens with zero attached hydrogens (tertiary/aromatic N) is 4. The first-order valence-corrected chi connectivity index (χ1v) is 11.9. The van der Waals surface area contributed by atoms with E-state index in [2.05, 4.69) is 20.7 Å². The second-order valence-corrected chi connectivity index (χ2v) is 9.32. The molecule has 13 heteroatoms. The number of hydrogen-bond donors (Lipinski definition) is 3. The summed E-state index contributed by atoms with van der Waals surface area (Å²) in [5, 5.41) is 11.1. The third-order valence-corrected chi connectivity index (χ3v) is 6.05. The number of nitrogens with one attached hydrogen (secondary N) is 2. The van der Waals surface area contributed by atoms with Gasteiger partial charge in [-0.2, -0.15) is 9.61 Å². The van der Waals surface area contributed by atoms with Crippen molar-refractivity contribution in [1.82, 2.24) is 19.5 Å². The van der Waals surface area contributed by atoms with Crippen molar-refractivity contribution >= 4 is 58.4 Å². The molecular weight excluding hydrogens is 505 g/mol. The van der Waals surface area contributed by atoms with E-state index in [-0.39, 0.29) is 23.7 Å². The number of likely N-dealkylation sites (tertiary alicyclic amines) is 1. The van der Waals surface area contributed by atoms with E-state index in [0.29, 0.717) is 27.9 Å². The molecule has 2 aliphatic rings. The summed E-state index contributed by atoms with van der Waals surface area (Å²) < 4.78 is 20.9. The highest BCUT2D eigenvalue weighted by molar-refractivity contribution is 6.30. The van der Waals surface area contributed by atoms with Crippen LogP contribution in [0, 0.1) is 5.82 Å². The van der Waals surface area contributed by atoms with Gasteiger partial charge in [0.2, 0.25) is 5.91 Å². The fourth-order valence-corrected chi connectivity index (χ4v) is 3.90. The molecule has 1 aromatic carbocycles. The Kier molecular flexibility index (Phi) is 6.52. The molecule has 1 atom stereocenters. The minimum atomic E-state index is -0.880. The van der Waals surface area contributed by atoms with E-state index >= 15 is 0 Å². The van der Waals surface area contributed by atoms with Gasteiger partial charge in [-0.1, -0.05) is 11.6 Å². The van der Waals surface area contributed by atoms with Crippen LogP contribution >= 0.6 is 11.6 Å². The van der Waals surface area contributed by atoms with Crippen molar-refractivity contribution in [1.29, 1.82) is 0 Å². The number of hydrogen-bond acceptors (Lipinski definition) is 9. The molecule has 2 amide bonds. The zero-order valence-electron chi connectivity index (χ0n) is 19.7. The SMILES string of the molecule is CC(N)C(=O)OCN1C(=O)C/C(=C\c2cnn3c(NC4CC4)cc(Nc4cc(Cl)ccc4F)nc23)C1=O. The lowest BCUT2D eigenvalue weighted by Gasteiger charge is -2.14. The average molecular weight is 528 g/mol. The van der Waals surface area contributed by atoms with Gasteiger partial charge in [-0.3, -0.25) is 14.4 Å². The molecular formula is C24H23ClFN7O4. The van der Waals surface area contributed by atoms with Gasteiger partial charge < -0.3 is 21.1 Å². The number of imide groups is 1. The predicted octanol–water partition coefficient (Wildman–Crippen LogP) is 2.83. The Morgan fingerprint density at radius 3 is 2.86 bits per heavy atom. The number of halogens is 2. The maximum Gasteiger partial charge on any atom is 0.324 e. The highest BCUT2D eigenvalue weighted by Gasteiger charge is 2.35. The topological polar surface area (TPSA) is 144 Å². The van der Waals surface area contributed by atoms with Crippen molar-refractivity contribution in [3.63, 3.8) is 0 Å². The van der Waals surface area contributed by atoms with Gasteiger partial charge in [-0.05, 0) is 44.0 Å². The van der Waals surface area contributed by atoms with E-state index in [1.54, 1.807) is 10.6 Å². The minimum Gasteiger partial charge on any atom is -0.443 e.